The van der Waals surface area contributed by atoms with E-state index in [9.17, 15) is 0 Å². The van der Waals surface area contributed by atoms with Crippen molar-refractivity contribution in [2.45, 2.75) is 25.4 Å². The van der Waals surface area contributed by atoms with E-state index in [1.54, 1.807) is 0 Å². The molecule has 0 amide bonds. The Hall–Kier alpha value is -0.340. The van der Waals surface area contributed by atoms with Gasteiger partial charge in [-0.05, 0) is 13.8 Å². The van der Waals surface area contributed by atoms with Crippen LogP contribution in [0.5, 0.6) is 0 Å². The fraction of sp³-hybridized carbons (Fsp3) is 0.750. The molecule has 1 aliphatic heterocycles. The molecule has 1 atom stereocenters. The lowest BCUT2D eigenvalue weighted by molar-refractivity contribution is -0.0663. The average Bonchev–Trinajstić information content (AvgIpc) is 1.84. The van der Waals surface area contributed by atoms with E-state index in [0.29, 0.717) is 6.04 Å². The van der Waals surface area contributed by atoms with Gasteiger partial charge in [-0.15, -0.1) is 6.58 Å². The zero-order valence-corrected chi connectivity index (χ0v) is 6.68. The van der Waals surface area contributed by atoms with E-state index in [2.05, 4.69) is 25.7 Å². The van der Waals surface area contributed by atoms with Crippen LogP contribution < -0.4 is 5.32 Å². The van der Waals surface area contributed by atoms with Crippen LogP contribution in [0.4, 0.5) is 0 Å². The lowest BCUT2D eigenvalue weighted by Crippen LogP contribution is -2.60. The van der Waals surface area contributed by atoms with Gasteiger partial charge in [0.15, 0.2) is 0 Å². The Morgan fingerprint density at radius 3 is 2.60 bits per heavy atom. The summed E-state index contributed by atoms with van der Waals surface area (Å²) in [6.07, 6.45) is 1.91. The Bertz CT molecular complexity index is 129. The SMILES string of the molecule is C=CC(C)NC1(C)COC1. The number of ether oxygens (including phenoxy) is 1. The fourth-order valence-electron chi connectivity index (χ4n) is 1.10. The molecule has 0 aromatic rings. The first kappa shape index (κ1) is 7.76. The molecule has 10 heavy (non-hydrogen) atoms. The van der Waals surface area contributed by atoms with E-state index < -0.39 is 0 Å². The second-order valence-corrected chi connectivity index (χ2v) is 3.22. The monoisotopic (exact) mass is 141 g/mol. The predicted molar refractivity (Wildman–Crippen MR) is 42.0 cm³/mol. The maximum atomic E-state index is 5.09. The molecule has 2 heteroatoms. The van der Waals surface area contributed by atoms with Crippen LogP contribution in [-0.2, 0) is 4.74 Å². The van der Waals surface area contributed by atoms with Crippen LogP contribution in [0.25, 0.3) is 0 Å². The zero-order chi connectivity index (χ0) is 7.61. The molecule has 0 aromatic carbocycles. The summed E-state index contributed by atoms with van der Waals surface area (Å²) in [5.74, 6) is 0. The van der Waals surface area contributed by atoms with Gasteiger partial charge in [0, 0.05) is 6.04 Å². The van der Waals surface area contributed by atoms with Gasteiger partial charge in [0.2, 0.25) is 0 Å². The first-order valence-corrected chi connectivity index (χ1v) is 3.64. The third kappa shape index (κ3) is 1.58. The molecule has 2 nitrogen and oxygen atoms in total. The van der Waals surface area contributed by atoms with Crippen molar-refractivity contribution >= 4 is 0 Å². The van der Waals surface area contributed by atoms with Crippen molar-refractivity contribution in [3.05, 3.63) is 12.7 Å². The standard InChI is InChI=1S/C8H15NO/c1-4-7(2)9-8(3)5-10-6-8/h4,7,9H,1,5-6H2,2-3H3. The Morgan fingerprint density at radius 1 is 1.70 bits per heavy atom. The molecule has 1 aliphatic rings. The molecule has 0 radical (unpaired) electrons. The van der Waals surface area contributed by atoms with Crippen LogP contribution >= 0.6 is 0 Å². The summed E-state index contributed by atoms with van der Waals surface area (Å²) in [5.41, 5.74) is 0.202. The molecule has 0 saturated carbocycles. The van der Waals surface area contributed by atoms with Crippen molar-refractivity contribution in [3.8, 4) is 0 Å². The summed E-state index contributed by atoms with van der Waals surface area (Å²) in [7, 11) is 0. The normalized spacial score (nSPS) is 25.0. The lowest BCUT2D eigenvalue weighted by atomic mass is 9.99. The molecule has 1 fully saturated rings. The van der Waals surface area contributed by atoms with Gasteiger partial charge in [-0.25, -0.2) is 0 Å². The van der Waals surface area contributed by atoms with Crippen molar-refractivity contribution in [1.82, 2.24) is 5.32 Å². The van der Waals surface area contributed by atoms with Gasteiger partial charge >= 0.3 is 0 Å². The number of nitrogens with one attached hydrogen (secondary N) is 1. The lowest BCUT2D eigenvalue weighted by Gasteiger charge is -2.40. The molecular formula is C8H15NO. The van der Waals surface area contributed by atoms with Gasteiger partial charge in [-0.2, -0.15) is 0 Å². The first-order chi connectivity index (χ1) is 4.66. The minimum Gasteiger partial charge on any atom is -0.377 e. The highest BCUT2D eigenvalue weighted by molar-refractivity contribution is 4.95. The number of rotatable bonds is 3. The fourth-order valence-corrected chi connectivity index (χ4v) is 1.10. The van der Waals surface area contributed by atoms with Gasteiger partial charge in [0.25, 0.3) is 0 Å². The Morgan fingerprint density at radius 2 is 2.30 bits per heavy atom. The second-order valence-electron chi connectivity index (χ2n) is 3.22. The molecule has 1 unspecified atom stereocenters. The van der Waals surface area contributed by atoms with Gasteiger partial charge < -0.3 is 10.1 Å². The molecule has 58 valence electrons. The van der Waals surface area contributed by atoms with E-state index >= 15 is 0 Å². The Labute approximate surface area is 62.3 Å². The molecule has 0 aromatic heterocycles. The summed E-state index contributed by atoms with van der Waals surface area (Å²) in [6, 6.07) is 0.383. The van der Waals surface area contributed by atoms with Gasteiger partial charge in [0.1, 0.15) is 0 Å². The summed E-state index contributed by atoms with van der Waals surface area (Å²) in [4.78, 5) is 0. The van der Waals surface area contributed by atoms with Gasteiger partial charge in [-0.3, -0.25) is 0 Å². The zero-order valence-electron chi connectivity index (χ0n) is 6.68. The van der Waals surface area contributed by atoms with E-state index in [1.165, 1.54) is 0 Å². The molecule has 0 aliphatic carbocycles. The van der Waals surface area contributed by atoms with Crippen LogP contribution in [0.15, 0.2) is 12.7 Å². The number of hydrogen-bond acceptors (Lipinski definition) is 2. The molecule has 0 spiro atoms. The summed E-state index contributed by atoms with van der Waals surface area (Å²) < 4.78 is 5.09. The van der Waals surface area contributed by atoms with Crippen LogP contribution in [0, 0.1) is 0 Å². The third-order valence-electron chi connectivity index (χ3n) is 1.77. The number of hydrogen-bond donors (Lipinski definition) is 1. The Kier molecular flexibility index (Phi) is 2.11. The van der Waals surface area contributed by atoms with E-state index in [4.69, 9.17) is 4.74 Å². The third-order valence-corrected chi connectivity index (χ3v) is 1.77. The van der Waals surface area contributed by atoms with Crippen molar-refractivity contribution in [1.29, 1.82) is 0 Å². The molecule has 1 heterocycles. The predicted octanol–water partition coefficient (Wildman–Crippen LogP) is 0.939. The van der Waals surface area contributed by atoms with Crippen LogP contribution in [0.2, 0.25) is 0 Å². The topological polar surface area (TPSA) is 21.3 Å². The maximum Gasteiger partial charge on any atom is 0.0669 e. The van der Waals surface area contributed by atoms with Crippen LogP contribution in [0.1, 0.15) is 13.8 Å². The summed E-state index contributed by atoms with van der Waals surface area (Å²) >= 11 is 0. The minimum absolute atomic E-state index is 0.202. The molecule has 1 saturated heterocycles. The van der Waals surface area contributed by atoms with Crippen molar-refractivity contribution < 1.29 is 4.74 Å². The van der Waals surface area contributed by atoms with Crippen LogP contribution in [0.3, 0.4) is 0 Å². The molecule has 1 N–H and O–H groups in total. The maximum absolute atomic E-state index is 5.09. The summed E-state index contributed by atoms with van der Waals surface area (Å²) in [6.45, 7) is 9.61. The minimum atomic E-state index is 0.202. The highest BCUT2D eigenvalue weighted by Crippen LogP contribution is 2.15. The Balaban J connectivity index is 2.29. The van der Waals surface area contributed by atoms with E-state index in [0.717, 1.165) is 13.2 Å². The van der Waals surface area contributed by atoms with Crippen molar-refractivity contribution in [2.75, 3.05) is 13.2 Å². The highest BCUT2D eigenvalue weighted by Gasteiger charge is 2.33. The molecule has 0 bridgehead atoms. The second kappa shape index (κ2) is 2.72. The quantitative estimate of drug-likeness (QED) is 0.591. The summed E-state index contributed by atoms with van der Waals surface area (Å²) in [5, 5.41) is 3.40. The van der Waals surface area contributed by atoms with E-state index in [1.807, 2.05) is 6.08 Å². The molecule has 1 rings (SSSR count). The van der Waals surface area contributed by atoms with Crippen LogP contribution in [-0.4, -0.2) is 24.8 Å². The van der Waals surface area contributed by atoms with Gasteiger partial charge in [-0.1, -0.05) is 6.08 Å². The smallest absolute Gasteiger partial charge is 0.0669 e. The highest BCUT2D eigenvalue weighted by atomic mass is 16.5. The largest absolute Gasteiger partial charge is 0.377 e. The van der Waals surface area contributed by atoms with Crippen molar-refractivity contribution in [2.24, 2.45) is 0 Å². The van der Waals surface area contributed by atoms with E-state index in [-0.39, 0.29) is 5.54 Å². The molecular weight excluding hydrogens is 126 g/mol. The average molecular weight is 141 g/mol. The first-order valence-electron chi connectivity index (χ1n) is 3.64. The van der Waals surface area contributed by atoms with Crippen molar-refractivity contribution in [3.63, 3.8) is 0 Å². The van der Waals surface area contributed by atoms with Gasteiger partial charge in [0.05, 0.1) is 18.8 Å².